The van der Waals surface area contributed by atoms with E-state index in [4.69, 9.17) is 15.0 Å². The highest BCUT2D eigenvalue weighted by Gasteiger charge is 2.70. The van der Waals surface area contributed by atoms with Gasteiger partial charge in [-0.2, -0.15) is 4.57 Å². The van der Waals surface area contributed by atoms with Gasteiger partial charge < -0.3 is 5.11 Å². The van der Waals surface area contributed by atoms with Crippen LogP contribution in [0.5, 0.6) is 0 Å². The molecule has 15 rings (SSSR count). The lowest BCUT2D eigenvalue weighted by Crippen LogP contribution is -2.72. The Morgan fingerprint density at radius 1 is 0.534 bits per heavy atom. The maximum absolute atomic E-state index is 12.2. The van der Waals surface area contributed by atoms with E-state index in [2.05, 4.69) is 140 Å². The molecule has 0 amide bonds. The predicted octanol–water partition coefficient (Wildman–Crippen LogP) is 7.33. The summed E-state index contributed by atoms with van der Waals surface area (Å²) in [6.07, 6.45) is 0. The molecule has 1 unspecified atom stereocenters. The van der Waals surface area contributed by atoms with Crippen LogP contribution in [0.1, 0.15) is 38.2 Å². The third-order valence-electron chi connectivity index (χ3n) is 13.0. The van der Waals surface area contributed by atoms with Gasteiger partial charge in [0, 0.05) is 21.7 Å². The molecule has 58 heavy (non-hydrogen) atoms. The zero-order valence-electron chi connectivity index (χ0n) is 30.3. The number of carbonyl (C=O) groups is 1. The van der Waals surface area contributed by atoms with Gasteiger partial charge in [0.25, 0.3) is 17.5 Å². The molecule has 7 aromatic carbocycles. The summed E-state index contributed by atoms with van der Waals surface area (Å²) in [5, 5.41) is 19.7. The molecule has 0 radical (unpaired) electrons. The van der Waals surface area contributed by atoms with Gasteiger partial charge in [-0.1, -0.05) is 94.9 Å². The second-order valence-corrected chi connectivity index (χ2v) is 15.8. The van der Waals surface area contributed by atoms with Crippen molar-refractivity contribution in [2.24, 2.45) is 15.0 Å². The van der Waals surface area contributed by atoms with Crippen molar-refractivity contribution in [1.29, 1.82) is 0 Å². The second-order valence-electron chi connectivity index (χ2n) is 15.8. The van der Waals surface area contributed by atoms with Crippen LogP contribution in [0.2, 0.25) is 0 Å². The van der Waals surface area contributed by atoms with Crippen LogP contribution < -0.4 is 10.8 Å². The predicted molar refractivity (Wildman–Crippen MR) is 223 cm³/mol. The Bertz CT molecular complexity index is 3880. The van der Waals surface area contributed by atoms with Gasteiger partial charge in [-0.25, -0.2) is 9.36 Å². The average Bonchev–Trinajstić information content (AvgIpc) is 3.98. The summed E-state index contributed by atoms with van der Waals surface area (Å²) in [7, 11) is 0. The molecule has 2 aromatic heterocycles. The summed E-state index contributed by atoms with van der Waals surface area (Å²) in [6, 6.07) is 50.5. The Labute approximate surface area is 327 Å². The zero-order valence-corrected chi connectivity index (χ0v) is 30.3. The number of rotatable bonds is 2. The topological polar surface area (TPSA) is 90.3 Å². The van der Waals surface area contributed by atoms with Gasteiger partial charge >= 0.3 is 17.7 Å². The van der Waals surface area contributed by atoms with E-state index in [9.17, 15) is 9.90 Å². The van der Waals surface area contributed by atoms with Crippen LogP contribution in [0.4, 0.5) is 11.6 Å². The first-order chi connectivity index (χ1) is 28.6. The van der Waals surface area contributed by atoms with Crippen molar-refractivity contribution >= 4 is 89.5 Å². The molecule has 6 aliphatic heterocycles. The van der Waals surface area contributed by atoms with E-state index in [1.165, 1.54) is 0 Å². The Hall–Kier alpha value is -8.04. The summed E-state index contributed by atoms with van der Waals surface area (Å²) < 4.78 is 9.59. The Morgan fingerprint density at radius 3 is 1.78 bits per heavy atom. The van der Waals surface area contributed by atoms with E-state index in [0.29, 0.717) is 0 Å². The number of benzene rings is 7. The van der Waals surface area contributed by atoms with Gasteiger partial charge in [-0.3, -0.25) is 0 Å². The van der Waals surface area contributed by atoms with E-state index in [1.807, 2.05) is 12.1 Å². The number of aliphatic imine (C=N–C) groups is 2. The lowest BCUT2D eigenvalue weighted by Gasteiger charge is -2.41. The fraction of sp³-hybridized carbons (Fsp3) is 0.0204. The number of fused-ring (bicyclic) bond motifs is 14. The molecule has 8 heterocycles. The fourth-order valence-electron chi connectivity index (χ4n) is 10.7. The van der Waals surface area contributed by atoms with Crippen molar-refractivity contribution in [3.8, 4) is 0 Å². The van der Waals surface area contributed by atoms with Crippen LogP contribution in [0.25, 0.3) is 48.7 Å². The Kier molecular flexibility index (Phi) is 4.79. The Morgan fingerprint density at radius 2 is 1.10 bits per heavy atom. The largest absolute Gasteiger partial charge is 0.478 e. The minimum atomic E-state index is -1.12. The third kappa shape index (κ3) is 3.06. The standard InChI is InChI=1S/C49H24N7O2/c57-48(58)26-19-17-25(18-20-26)39-40-31-13-5-6-14-32(31)42-50-43-33-15-7-8-16-34(33)44-51-46-37-23-29-11-3-4-12-30(29)24-38(37)47-52-45-36-22-28-10-2-1-9-27(28)21-35(36)41(39)54(45)49(53(40)42,55(43)44)56(46)47/h1-24H/q+1/p+1. The smallest absolute Gasteiger partial charge is 0.423 e. The number of hydrogen-bond donors (Lipinski definition) is 1. The molecule has 9 heteroatoms. The van der Waals surface area contributed by atoms with Crippen molar-refractivity contribution < 1.29 is 19.1 Å². The van der Waals surface area contributed by atoms with Crippen LogP contribution in [0, 0.1) is 0 Å². The van der Waals surface area contributed by atoms with E-state index >= 15 is 0 Å². The van der Waals surface area contributed by atoms with E-state index in [1.54, 1.807) is 12.1 Å². The van der Waals surface area contributed by atoms with Crippen LogP contribution in [0.15, 0.2) is 161 Å². The lowest BCUT2D eigenvalue weighted by atomic mass is 9.92. The second kappa shape index (κ2) is 9.49. The van der Waals surface area contributed by atoms with Crippen molar-refractivity contribution in [2.75, 3.05) is 0 Å². The molecule has 0 aliphatic carbocycles. The molecule has 1 spiro atoms. The molecule has 0 fully saturated rings. The number of aromatic nitrogens is 2. The molecule has 9 aromatic rings. The van der Waals surface area contributed by atoms with Crippen LogP contribution in [-0.4, -0.2) is 52.6 Å². The van der Waals surface area contributed by atoms with Crippen LogP contribution in [-0.2, 0) is 5.91 Å². The SMILES string of the molecule is O=C(O)c1ccc(C2=c3c4cc5ccccc5cc4c4n3C35n6c(c7ccccc7c6N=C6c7ccccc7C2=[N+]63)N=C2c3cc6ccccc6cc3C(=[N+]25)N=4)cc1. The zero-order chi connectivity index (χ0) is 37.8. The normalized spacial score (nSPS) is 18.4. The highest BCUT2D eigenvalue weighted by molar-refractivity contribution is 6.36. The minimum Gasteiger partial charge on any atom is -0.478 e. The third-order valence-corrected chi connectivity index (χ3v) is 13.0. The summed E-state index contributed by atoms with van der Waals surface area (Å²) in [5.41, 5.74) is 8.13. The van der Waals surface area contributed by atoms with Crippen LogP contribution >= 0.6 is 0 Å². The minimum absolute atomic E-state index is 0.236. The van der Waals surface area contributed by atoms with Gasteiger partial charge in [0.15, 0.2) is 5.71 Å². The van der Waals surface area contributed by atoms with Gasteiger partial charge in [-0.15, -0.1) is 9.15 Å². The number of hydrogen-bond acceptors (Lipinski definition) is 4. The number of carboxylic acids is 1. The van der Waals surface area contributed by atoms with Crippen LogP contribution in [0.3, 0.4) is 0 Å². The highest BCUT2D eigenvalue weighted by Crippen LogP contribution is 2.53. The maximum Gasteiger partial charge on any atom is 0.423 e. The maximum atomic E-state index is 12.2. The van der Waals surface area contributed by atoms with E-state index in [-0.39, 0.29) is 5.56 Å². The first kappa shape index (κ1) is 29.3. The summed E-state index contributed by atoms with van der Waals surface area (Å²) in [4.78, 5) is 29.2. The molecule has 9 nitrogen and oxygen atoms in total. The molecular weight excluding hydrogens is 719 g/mol. The van der Waals surface area contributed by atoms with Crippen molar-refractivity contribution in [3.05, 3.63) is 190 Å². The Balaban J connectivity index is 1.26. The summed E-state index contributed by atoms with van der Waals surface area (Å²) in [6.45, 7) is 0. The van der Waals surface area contributed by atoms with Crippen molar-refractivity contribution in [1.82, 2.24) is 9.13 Å². The first-order valence-electron chi connectivity index (χ1n) is 19.4. The van der Waals surface area contributed by atoms with Gasteiger partial charge in [-0.05, 0) is 92.8 Å². The number of nitrogens with zero attached hydrogens (tertiary/aromatic N) is 7. The van der Waals surface area contributed by atoms with E-state index < -0.39 is 11.9 Å². The highest BCUT2D eigenvalue weighted by atomic mass is 16.4. The number of aromatic carboxylic acids is 1. The molecule has 1 atom stereocenters. The molecule has 0 saturated heterocycles. The van der Waals surface area contributed by atoms with E-state index in [0.717, 1.165) is 122 Å². The molecular formula is C49H25N7O2+2. The van der Waals surface area contributed by atoms with Crippen molar-refractivity contribution in [2.45, 2.75) is 5.91 Å². The molecule has 1 N–H and O–H groups in total. The number of carboxylic acid groups (broad SMARTS) is 1. The first-order valence-corrected chi connectivity index (χ1v) is 19.4. The summed E-state index contributed by atoms with van der Waals surface area (Å²) in [5.74, 6) is 2.12. The number of amidine groups is 3. The van der Waals surface area contributed by atoms with Gasteiger partial charge in [0.05, 0.1) is 38.6 Å². The van der Waals surface area contributed by atoms with Crippen molar-refractivity contribution in [3.63, 3.8) is 0 Å². The fourth-order valence-corrected chi connectivity index (χ4v) is 10.7. The quantitative estimate of drug-likeness (QED) is 0.188. The monoisotopic (exact) mass is 743 g/mol. The molecule has 0 bridgehead atoms. The summed E-state index contributed by atoms with van der Waals surface area (Å²) >= 11 is 0. The van der Waals surface area contributed by atoms with Gasteiger partial charge in [0.1, 0.15) is 0 Å². The molecule has 6 aliphatic rings. The molecule has 0 saturated carbocycles. The van der Waals surface area contributed by atoms with Gasteiger partial charge in [0.2, 0.25) is 11.3 Å². The molecule has 266 valence electrons. The average molecular weight is 744 g/mol. The lowest BCUT2D eigenvalue weighted by molar-refractivity contribution is -0.789.